The molecule has 7 heteroatoms. The molecule has 2 heterocycles. The van der Waals surface area contributed by atoms with E-state index < -0.39 is 0 Å². The first-order valence-corrected chi connectivity index (χ1v) is 10.5. The lowest BCUT2D eigenvalue weighted by Crippen LogP contribution is -2.41. The maximum Gasteiger partial charge on any atom is 0.330 e. The number of benzene rings is 1. The lowest BCUT2D eigenvalue weighted by Gasteiger charge is -2.31. The minimum Gasteiger partial charge on any atom is -0.463 e. The number of anilines is 1. The topological polar surface area (TPSA) is 75.7 Å². The summed E-state index contributed by atoms with van der Waals surface area (Å²) in [7, 11) is 0. The zero-order valence-corrected chi connectivity index (χ0v) is 17.1. The van der Waals surface area contributed by atoms with Crippen molar-refractivity contribution in [3.63, 3.8) is 0 Å². The molecule has 0 spiro atoms. The van der Waals surface area contributed by atoms with Gasteiger partial charge in [-0.25, -0.2) is 4.79 Å². The minimum atomic E-state index is -0.381. The minimum absolute atomic E-state index is 0.0250. The van der Waals surface area contributed by atoms with E-state index in [2.05, 4.69) is 5.32 Å². The largest absolute Gasteiger partial charge is 0.463 e. The third-order valence-corrected chi connectivity index (χ3v) is 5.62. The van der Waals surface area contributed by atoms with Gasteiger partial charge in [0, 0.05) is 30.8 Å². The molecule has 1 N–H and O–H groups in total. The molecule has 1 fully saturated rings. The van der Waals surface area contributed by atoms with Crippen LogP contribution >= 0.6 is 11.3 Å². The van der Waals surface area contributed by atoms with Crippen LogP contribution in [0.15, 0.2) is 47.9 Å². The molecule has 3 rings (SSSR count). The Labute approximate surface area is 174 Å². The quantitative estimate of drug-likeness (QED) is 0.578. The molecule has 0 aliphatic carbocycles. The van der Waals surface area contributed by atoms with E-state index in [1.54, 1.807) is 25.1 Å². The Hall–Kier alpha value is -2.93. The van der Waals surface area contributed by atoms with Crippen molar-refractivity contribution in [2.45, 2.75) is 19.8 Å². The molecule has 1 aromatic carbocycles. The maximum atomic E-state index is 12.6. The van der Waals surface area contributed by atoms with Crippen LogP contribution < -0.4 is 5.32 Å². The molecule has 0 unspecified atom stereocenters. The monoisotopic (exact) mass is 412 g/mol. The average Bonchev–Trinajstić information content (AvgIpc) is 3.28. The van der Waals surface area contributed by atoms with Crippen molar-refractivity contribution in [3.8, 4) is 0 Å². The molecule has 1 saturated heterocycles. The second-order valence-corrected chi connectivity index (χ2v) is 7.69. The first-order chi connectivity index (χ1) is 14.1. The van der Waals surface area contributed by atoms with Crippen LogP contribution in [-0.4, -0.2) is 42.4 Å². The van der Waals surface area contributed by atoms with Crippen LogP contribution in [0.2, 0.25) is 0 Å². The number of nitrogens with zero attached hydrogens (tertiary/aromatic N) is 1. The van der Waals surface area contributed by atoms with Gasteiger partial charge in [0.25, 0.3) is 5.91 Å². The van der Waals surface area contributed by atoms with Crippen molar-refractivity contribution >= 4 is 40.9 Å². The standard InChI is InChI=1S/C22H24N2O4S/c1-2-28-20(25)10-7-16-5-8-18(9-6-16)23-21(26)17-11-13-24(14-12-17)22(27)19-4-3-15-29-19/h3-10,15,17H,2,11-14H2,1H3,(H,23,26)/b10-7+. The molecule has 0 atom stereocenters. The fourth-order valence-electron chi connectivity index (χ4n) is 3.18. The van der Waals surface area contributed by atoms with E-state index in [1.807, 2.05) is 34.5 Å². The summed E-state index contributed by atoms with van der Waals surface area (Å²) in [6, 6.07) is 11.0. The van der Waals surface area contributed by atoms with Crippen molar-refractivity contribution < 1.29 is 19.1 Å². The second kappa shape index (κ2) is 10.0. The highest BCUT2D eigenvalue weighted by atomic mass is 32.1. The van der Waals surface area contributed by atoms with E-state index >= 15 is 0 Å². The normalized spacial score (nSPS) is 14.7. The van der Waals surface area contributed by atoms with Gasteiger partial charge < -0.3 is 15.0 Å². The van der Waals surface area contributed by atoms with Crippen molar-refractivity contribution in [2.75, 3.05) is 25.0 Å². The molecule has 1 aliphatic rings. The number of piperidine rings is 1. The van der Waals surface area contributed by atoms with Gasteiger partial charge in [0.1, 0.15) is 0 Å². The Kier molecular flexibility index (Phi) is 7.19. The number of hydrogen-bond donors (Lipinski definition) is 1. The number of nitrogens with one attached hydrogen (secondary N) is 1. The summed E-state index contributed by atoms with van der Waals surface area (Å²) in [4.78, 5) is 38.9. The van der Waals surface area contributed by atoms with Gasteiger partial charge in [-0.3, -0.25) is 9.59 Å². The van der Waals surface area contributed by atoms with E-state index in [-0.39, 0.29) is 23.7 Å². The highest BCUT2D eigenvalue weighted by Crippen LogP contribution is 2.22. The van der Waals surface area contributed by atoms with Gasteiger partial charge in [-0.2, -0.15) is 0 Å². The fourth-order valence-corrected chi connectivity index (χ4v) is 3.87. The van der Waals surface area contributed by atoms with Crippen molar-refractivity contribution in [1.82, 2.24) is 4.90 Å². The summed E-state index contributed by atoms with van der Waals surface area (Å²) in [6.45, 7) is 3.28. The first kappa shape index (κ1) is 20.8. The predicted molar refractivity (Wildman–Crippen MR) is 114 cm³/mol. The molecule has 1 aliphatic heterocycles. The Morgan fingerprint density at radius 2 is 1.90 bits per heavy atom. The van der Waals surface area contributed by atoms with E-state index in [1.165, 1.54) is 17.4 Å². The summed E-state index contributed by atoms with van der Waals surface area (Å²) < 4.78 is 4.84. The SMILES string of the molecule is CCOC(=O)/C=C/c1ccc(NC(=O)C2CCN(C(=O)c3cccs3)CC2)cc1. The highest BCUT2D eigenvalue weighted by molar-refractivity contribution is 7.12. The number of likely N-dealkylation sites (tertiary alicyclic amines) is 1. The predicted octanol–water partition coefficient (Wildman–Crippen LogP) is 3.82. The molecular formula is C22H24N2O4S. The molecule has 2 amide bonds. The summed E-state index contributed by atoms with van der Waals surface area (Å²) >= 11 is 1.44. The molecular weight excluding hydrogens is 388 g/mol. The summed E-state index contributed by atoms with van der Waals surface area (Å²) in [5.74, 6) is -0.465. The van der Waals surface area contributed by atoms with Gasteiger partial charge in [-0.15, -0.1) is 11.3 Å². The Morgan fingerprint density at radius 3 is 2.52 bits per heavy atom. The van der Waals surface area contributed by atoms with Crippen LogP contribution in [0, 0.1) is 5.92 Å². The van der Waals surface area contributed by atoms with E-state index in [0.717, 1.165) is 10.4 Å². The molecule has 6 nitrogen and oxygen atoms in total. The number of carbonyl (C=O) groups is 3. The van der Waals surface area contributed by atoms with Gasteiger partial charge in [0.2, 0.25) is 5.91 Å². The molecule has 1 aromatic heterocycles. The molecule has 0 radical (unpaired) electrons. The lowest BCUT2D eigenvalue weighted by molar-refractivity contribution is -0.137. The number of hydrogen-bond acceptors (Lipinski definition) is 5. The molecule has 29 heavy (non-hydrogen) atoms. The number of esters is 1. The number of thiophene rings is 1. The van der Waals surface area contributed by atoms with Crippen LogP contribution in [-0.2, 0) is 14.3 Å². The molecule has 0 saturated carbocycles. The van der Waals surface area contributed by atoms with Crippen molar-refractivity contribution in [2.24, 2.45) is 5.92 Å². The van der Waals surface area contributed by atoms with Gasteiger partial charge >= 0.3 is 5.97 Å². The average molecular weight is 413 g/mol. The number of carbonyl (C=O) groups excluding carboxylic acids is 3. The zero-order chi connectivity index (χ0) is 20.6. The highest BCUT2D eigenvalue weighted by Gasteiger charge is 2.28. The Morgan fingerprint density at radius 1 is 1.17 bits per heavy atom. The molecule has 0 bridgehead atoms. The smallest absolute Gasteiger partial charge is 0.330 e. The van der Waals surface area contributed by atoms with Crippen LogP contribution in [0.1, 0.15) is 35.0 Å². The van der Waals surface area contributed by atoms with Crippen LogP contribution in [0.3, 0.4) is 0 Å². The van der Waals surface area contributed by atoms with E-state index in [0.29, 0.717) is 38.2 Å². The lowest BCUT2D eigenvalue weighted by atomic mass is 9.95. The summed E-state index contributed by atoms with van der Waals surface area (Å²) in [5.41, 5.74) is 1.55. The third kappa shape index (κ3) is 5.77. The van der Waals surface area contributed by atoms with Gasteiger partial charge in [-0.1, -0.05) is 18.2 Å². The number of ether oxygens (including phenoxy) is 1. The van der Waals surface area contributed by atoms with Gasteiger partial charge in [0.05, 0.1) is 11.5 Å². The third-order valence-electron chi connectivity index (χ3n) is 4.76. The van der Waals surface area contributed by atoms with Gasteiger partial charge in [0.15, 0.2) is 0 Å². The van der Waals surface area contributed by atoms with E-state index in [4.69, 9.17) is 4.74 Å². The van der Waals surface area contributed by atoms with E-state index in [9.17, 15) is 14.4 Å². The number of rotatable bonds is 6. The van der Waals surface area contributed by atoms with Crippen LogP contribution in [0.25, 0.3) is 6.08 Å². The Bertz CT molecular complexity index is 867. The first-order valence-electron chi connectivity index (χ1n) is 9.65. The maximum absolute atomic E-state index is 12.6. The summed E-state index contributed by atoms with van der Waals surface area (Å²) in [6.07, 6.45) is 4.36. The second-order valence-electron chi connectivity index (χ2n) is 6.74. The van der Waals surface area contributed by atoms with Crippen molar-refractivity contribution in [3.05, 3.63) is 58.3 Å². The molecule has 152 valence electrons. The molecule has 2 aromatic rings. The van der Waals surface area contributed by atoms with Crippen molar-refractivity contribution in [1.29, 1.82) is 0 Å². The zero-order valence-electron chi connectivity index (χ0n) is 16.3. The Balaban J connectivity index is 1.48. The summed E-state index contributed by atoms with van der Waals surface area (Å²) in [5, 5.41) is 4.83. The van der Waals surface area contributed by atoms with Crippen LogP contribution in [0.5, 0.6) is 0 Å². The van der Waals surface area contributed by atoms with Gasteiger partial charge in [-0.05, 0) is 55.0 Å². The number of amides is 2. The van der Waals surface area contributed by atoms with Crippen LogP contribution in [0.4, 0.5) is 5.69 Å². The fraction of sp³-hybridized carbons (Fsp3) is 0.318.